The standard InChI is InChI=1S/C13H22N4/c1-17-12(4-5-15-17)2-3-13(16-14)11-7-9-6-10(9)8-11/h4-5,9-11,13,16H,2-3,6-8,14H2,1H3. The molecule has 4 heteroatoms. The van der Waals surface area contributed by atoms with Crippen molar-refractivity contribution in [2.45, 2.75) is 38.1 Å². The van der Waals surface area contributed by atoms with Crippen molar-refractivity contribution in [1.29, 1.82) is 0 Å². The van der Waals surface area contributed by atoms with E-state index < -0.39 is 0 Å². The minimum Gasteiger partial charge on any atom is -0.273 e. The molecule has 3 unspecified atom stereocenters. The highest BCUT2D eigenvalue weighted by molar-refractivity contribution is 5.03. The highest BCUT2D eigenvalue weighted by Crippen LogP contribution is 2.55. The summed E-state index contributed by atoms with van der Waals surface area (Å²) in [6, 6.07) is 2.58. The van der Waals surface area contributed by atoms with Crippen LogP contribution < -0.4 is 11.3 Å². The number of nitrogens with one attached hydrogen (secondary N) is 1. The highest BCUT2D eigenvalue weighted by Gasteiger charge is 2.47. The molecule has 3 N–H and O–H groups in total. The van der Waals surface area contributed by atoms with E-state index in [-0.39, 0.29) is 0 Å². The van der Waals surface area contributed by atoms with Crippen molar-refractivity contribution in [3.05, 3.63) is 18.0 Å². The van der Waals surface area contributed by atoms with Crippen LogP contribution in [0.1, 0.15) is 31.4 Å². The van der Waals surface area contributed by atoms with Gasteiger partial charge in [0, 0.05) is 25.0 Å². The lowest BCUT2D eigenvalue weighted by molar-refractivity contribution is 0.320. The van der Waals surface area contributed by atoms with E-state index >= 15 is 0 Å². The Labute approximate surface area is 103 Å². The van der Waals surface area contributed by atoms with Crippen molar-refractivity contribution in [2.75, 3.05) is 0 Å². The number of aryl methyl sites for hydroxylation is 2. The van der Waals surface area contributed by atoms with Crippen molar-refractivity contribution in [3.8, 4) is 0 Å². The maximum absolute atomic E-state index is 5.72. The number of hydrazine groups is 1. The van der Waals surface area contributed by atoms with Gasteiger partial charge in [-0.3, -0.25) is 16.0 Å². The van der Waals surface area contributed by atoms with Crippen LogP contribution in [0.2, 0.25) is 0 Å². The number of nitrogens with zero attached hydrogens (tertiary/aromatic N) is 2. The molecule has 2 aliphatic carbocycles. The molecule has 0 amide bonds. The topological polar surface area (TPSA) is 55.9 Å². The highest BCUT2D eigenvalue weighted by atomic mass is 15.3. The Hall–Kier alpha value is -0.870. The molecule has 0 aromatic carbocycles. The Morgan fingerprint density at radius 1 is 1.47 bits per heavy atom. The molecule has 4 nitrogen and oxygen atoms in total. The third kappa shape index (κ3) is 2.24. The summed E-state index contributed by atoms with van der Waals surface area (Å²) in [5.41, 5.74) is 4.34. The van der Waals surface area contributed by atoms with E-state index in [4.69, 9.17) is 5.84 Å². The van der Waals surface area contributed by atoms with E-state index in [1.807, 2.05) is 17.9 Å². The molecule has 2 saturated carbocycles. The van der Waals surface area contributed by atoms with E-state index in [1.165, 1.54) is 25.0 Å². The number of nitrogens with two attached hydrogens (primary N) is 1. The van der Waals surface area contributed by atoms with E-state index in [9.17, 15) is 0 Å². The summed E-state index contributed by atoms with van der Waals surface area (Å²) in [5, 5.41) is 4.20. The summed E-state index contributed by atoms with van der Waals surface area (Å²) < 4.78 is 1.96. The SMILES string of the molecule is Cn1nccc1CCC(NN)C1CC2CC2C1. The third-order valence-corrected chi connectivity index (χ3v) is 4.70. The quantitative estimate of drug-likeness (QED) is 0.595. The van der Waals surface area contributed by atoms with Crippen LogP contribution >= 0.6 is 0 Å². The first-order chi connectivity index (χ1) is 8.28. The van der Waals surface area contributed by atoms with E-state index in [1.54, 1.807) is 0 Å². The monoisotopic (exact) mass is 234 g/mol. The van der Waals surface area contributed by atoms with Crippen LogP contribution in [-0.4, -0.2) is 15.8 Å². The lowest BCUT2D eigenvalue weighted by Gasteiger charge is -2.23. The lowest BCUT2D eigenvalue weighted by Crippen LogP contribution is -2.41. The minimum atomic E-state index is 0.484. The molecule has 1 aromatic rings. The van der Waals surface area contributed by atoms with Crippen LogP contribution in [0.5, 0.6) is 0 Å². The Morgan fingerprint density at radius 2 is 2.24 bits per heavy atom. The van der Waals surface area contributed by atoms with Gasteiger partial charge in [0.15, 0.2) is 0 Å². The van der Waals surface area contributed by atoms with Crippen LogP contribution in [-0.2, 0) is 13.5 Å². The molecule has 1 heterocycles. The molecular weight excluding hydrogens is 212 g/mol. The summed E-state index contributed by atoms with van der Waals surface area (Å²) >= 11 is 0. The van der Waals surface area contributed by atoms with Crippen LogP contribution in [0.4, 0.5) is 0 Å². The lowest BCUT2D eigenvalue weighted by atomic mass is 9.91. The minimum absolute atomic E-state index is 0.484. The van der Waals surface area contributed by atoms with Gasteiger partial charge in [-0.05, 0) is 55.9 Å². The second-order valence-electron chi connectivity index (χ2n) is 5.75. The predicted molar refractivity (Wildman–Crippen MR) is 67.0 cm³/mol. The molecule has 2 aliphatic rings. The number of aromatic nitrogens is 2. The van der Waals surface area contributed by atoms with Crippen molar-refractivity contribution < 1.29 is 0 Å². The van der Waals surface area contributed by atoms with Gasteiger partial charge >= 0.3 is 0 Å². The van der Waals surface area contributed by atoms with Crippen LogP contribution in [0.25, 0.3) is 0 Å². The summed E-state index contributed by atoms with van der Waals surface area (Å²) in [5.74, 6) is 8.59. The maximum Gasteiger partial charge on any atom is 0.0492 e. The average molecular weight is 234 g/mol. The predicted octanol–water partition coefficient (Wildman–Crippen LogP) is 1.23. The van der Waals surface area contributed by atoms with Crippen LogP contribution in [0, 0.1) is 17.8 Å². The number of fused-ring (bicyclic) bond motifs is 1. The number of hydrogen-bond donors (Lipinski definition) is 2. The van der Waals surface area contributed by atoms with Crippen molar-refractivity contribution in [1.82, 2.24) is 15.2 Å². The molecule has 3 atom stereocenters. The van der Waals surface area contributed by atoms with Gasteiger partial charge < -0.3 is 0 Å². The number of rotatable bonds is 5. The first-order valence-corrected chi connectivity index (χ1v) is 6.71. The molecule has 3 rings (SSSR count). The van der Waals surface area contributed by atoms with Crippen LogP contribution in [0.15, 0.2) is 12.3 Å². The van der Waals surface area contributed by atoms with Crippen molar-refractivity contribution in [2.24, 2.45) is 30.6 Å². The fourth-order valence-electron chi connectivity index (χ4n) is 3.50. The summed E-state index contributed by atoms with van der Waals surface area (Å²) in [7, 11) is 2.00. The van der Waals surface area contributed by atoms with Gasteiger partial charge in [-0.15, -0.1) is 0 Å². The van der Waals surface area contributed by atoms with Crippen LogP contribution in [0.3, 0.4) is 0 Å². The fourth-order valence-corrected chi connectivity index (χ4v) is 3.50. The molecule has 0 radical (unpaired) electrons. The van der Waals surface area contributed by atoms with E-state index in [0.29, 0.717) is 6.04 Å². The third-order valence-electron chi connectivity index (χ3n) is 4.70. The second-order valence-corrected chi connectivity index (χ2v) is 5.75. The maximum atomic E-state index is 5.72. The van der Waals surface area contributed by atoms with Crippen molar-refractivity contribution >= 4 is 0 Å². The second kappa shape index (κ2) is 4.42. The average Bonchev–Trinajstić information content (AvgIpc) is 2.73. The Balaban J connectivity index is 1.53. The van der Waals surface area contributed by atoms with Gasteiger partial charge in [-0.1, -0.05) is 0 Å². The van der Waals surface area contributed by atoms with E-state index in [2.05, 4.69) is 16.6 Å². The molecule has 0 spiro atoms. The zero-order valence-corrected chi connectivity index (χ0v) is 10.5. The normalized spacial score (nSPS) is 32.5. The molecule has 94 valence electrons. The Bertz CT molecular complexity index is 377. The molecule has 0 saturated heterocycles. The zero-order valence-electron chi connectivity index (χ0n) is 10.5. The van der Waals surface area contributed by atoms with Crippen molar-refractivity contribution in [3.63, 3.8) is 0 Å². The Kier molecular flexibility index (Phi) is 2.92. The van der Waals surface area contributed by atoms with Gasteiger partial charge in [-0.25, -0.2) is 0 Å². The van der Waals surface area contributed by atoms with Gasteiger partial charge in [0.2, 0.25) is 0 Å². The summed E-state index contributed by atoms with van der Waals surface area (Å²) in [4.78, 5) is 0. The molecule has 0 bridgehead atoms. The van der Waals surface area contributed by atoms with Gasteiger partial charge in [0.05, 0.1) is 0 Å². The van der Waals surface area contributed by atoms with Gasteiger partial charge in [0.25, 0.3) is 0 Å². The van der Waals surface area contributed by atoms with Gasteiger partial charge in [-0.2, -0.15) is 5.10 Å². The molecule has 1 aromatic heterocycles. The summed E-state index contributed by atoms with van der Waals surface area (Å²) in [6.07, 6.45) is 8.33. The molecule has 0 aliphatic heterocycles. The number of hydrogen-bond acceptors (Lipinski definition) is 3. The first-order valence-electron chi connectivity index (χ1n) is 6.71. The van der Waals surface area contributed by atoms with Gasteiger partial charge in [0.1, 0.15) is 0 Å². The summed E-state index contributed by atoms with van der Waals surface area (Å²) in [6.45, 7) is 0. The smallest absolute Gasteiger partial charge is 0.0492 e. The molecule has 2 fully saturated rings. The zero-order chi connectivity index (χ0) is 11.8. The Morgan fingerprint density at radius 3 is 2.82 bits per heavy atom. The molecular formula is C13H22N4. The molecule has 17 heavy (non-hydrogen) atoms. The van der Waals surface area contributed by atoms with E-state index in [0.717, 1.165) is 30.6 Å². The largest absolute Gasteiger partial charge is 0.273 e. The fraction of sp³-hybridized carbons (Fsp3) is 0.769. The first kappa shape index (κ1) is 11.2.